The monoisotopic (exact) mass is 488 g/mol. The van der Waals surface area contributed by atoms with Gasteiger partial charge in [-0.3, -0.25) is 19.7 Å². The Labute approximate surface area is 208 Å². The molecule has 0 atom stereocenters. The average Bonchev–Trinajstić information content (AvgIpc) is 3.30. The number of hydrogen-bond acceptors (Lipinski definition) is 5. The number of piperidine rings is 1. The molecule has 1 aliphatic rings. The van der Waals surface area contributed by atoms with Crippen LogP contribution in [0.15, 0.2) is 53.7 Å². The number of H-pyrrole nitrogens is 1. The van der Waals surface area contributed by atoms with Crippen molar-refractivity contribution in [3.05, 3.63) is 81.9 Å². The van der Waals surface area contributed by atoms with Crippen LogP contribution in [-0.2, 0) is 6.54 Å². The molecule has 0 unspecified atom stereocenters. The molecular weight excluding hydrogens is 459 g/mol. The molecule has 3 aromatic heterocycles. The van der Waals surface area contributed by atoms with Crippen LogP contribution < -0.4 is 10.9 Å². The normalized spacial score (nSPS) is 14.9. The van der Waals surface area contributed by atoms with Crippen LogP contribution in [0.25, 0.3) is 22.0 Å². The first-order valence-electron chi connectivity index (χ1n) is 12.1. The first-order chi connectivity index (χ1) is 17.4. The van der Waals surface area contributed by atoms with Crippen molar-refractivity contribution in [2.45, 2.75) is 26.3 Å². The van der Waals surface area contributed by atoms with Gasteiger partial charge in [0.25, 0.3) is 11.5 Å². The number of likely N-dealkylation sites (tertiary alicyclic amines) is 1. The Morgan fingerprint density at radius 3 is 2.75 bits per heavy atom. The van der Waals surface area contributed by atoms with Crippen molar-refractivity contribution < 1.29 is 9.18 Å². The number of amides is 1. The number of nitrogens with one attached hydrogen (secondary N) is 2. The summed E-state index contributed by atoms with van der Waals surface area (Å²) in [5, 5.41) is 11.1. The van der Waals surface area contributed by atoms with E-state index in [1.807, 2.05) is 19.1 Å². The van der Waals surface area contributed by atoms with E-state index in [-0.39, 0.29) is 23.6 Å². The molecule has 8 nitrogen and oxygen atoms in total. The van der Waals surface area contributed by atoms with Gasteiger partial charge in [-0.1, -0.05) is 0 Å². The third kappa shape index (κ3) is 5.06. The van der Waals surface area contributed by atoms with E-state index in [0.29, 0.717) is 23.4 Å². The van der Waals surface area contributed by atoms with Gasteiger partial charge >= 0.3 is 0 Å². The molecule has 0 spiro atoms. The molecule has 4 heterocycles. The fourth-order valence-electron chi connectivity index (χ4n) is 4.74. The number of benzene rings is 1. The zero-order valence-corrected chi connectivity index (χ0v) is 20.4. The topological polar surface area (TPSA) is 95.9 Å². The number of aromatic amines is 1. The summed E-state index contributed by atoms with van der Waals surface area (Å²) >= 11 is 0. The Morgan fingerprint density at radius 1 is 1.19 bits per heavy atom. The van der Waals surface area contributed by atoms with E-state index in [4.69, 9.17) is 0 Å². The minimum atomic E-state index is -0.507. The summed E-state index contributed by atoms with van der Waals surface area (Å²) in [4.78, 5) is 32.6. The summed E-state index contributed by atoms with van der Waals surface area (Å²) in [5.74, 6) is -0.375. The Morgan fingerprint density at radius 2 is 2.00 bits per heavy atom. The molecule has 186 valence electrons. The Kier molecular flexibility index (Phi) is 6.65. The van der Waals surface area contributed by atoms with Gasteiger partial charge in [0, 0.05) is 35.8 Å². The van der Waals surface area contributed by atoms with E-state index in [1.165, 1.54) is 16.7 Å². The molecule has 1 amide bonds. The Bertz CT molecular complexity index is 1470. The van der Waals surface area contributed by atoms with Gasteiger partial charge in [-0.25, -0.2) is 4.39 Å². The molecule has 36 heavy (non-hydrogen) atoms. The third-order valence-electron chi connectivity index (χ3n) is 6.93. The molecule has 5 rings (SSSR count). The quantitative estimate of drug-likeness (QED) is 0.434. The number of hydrogen-bond donors (Lipinski definition) is 2. The highest BCUT2D eigenvalue weighted by Crippen LogP contribution is 2.22. The van der Waals surface area contributed by atoms with Gasteiger partial charge in [0.05, 0.1) is 23.8 Å². The van der Waals surface area contributed by atoms with Crippen LogP contribution in [-0.4, -0.2) is 57.2 Å². The van der Waals surface area contributed by atoms with Crippen LogP contribution in [0.3, 0.4) is 0 Å². The fourth-order valence-corrected chi connectivity index (χ4v) is 4.74. The van der Waals surface area contributed by atoms with Crippen molar-refractivity contribution in [2.75, 3.05) is 26.7 Å². The second kappa shape index (κ2) is 10.0. The smallest absolute Gasteiger partial charge is 0.260 e. The number of halogens is 1. The van der Waals surface area contributed by atoms with Crippen LogP contribution in [0.2, 0.25) is 0 Å². The number of carbonyl (C=O) groups is 1. The zero-order valence-electron chi connectivity index (χ0n) is 20.4. The fraction of sp³-hybridized carbons (Fsp3) is 0.333. The number of aromatic nitrogens is 4. The number of aryl methyl sites for hydroxylation is 1. The van der Waals surface area contributed by atoms with Crippen molar-refractivity contribution in [3.8, 4) is 11.3 Å². The lowest BCUT2D eigenvalue weighted by Gasteiger charge is -2.28. The molecule has 0 saturated carbocycles. The maximum atomic E-state index is 14.4. The molecule has 1 aliphatic heterocycles. The third-order valence-corrected chi connectivity index (χ3v) is 6.93. The summed E-state index contributed by atoms with van der Waals surface area (Å²) in [5.41, 5.74) is 3.07. The van der Waals surface area contributed by atoms with Crippen molar-refractivity contribution >= 4 is 16.7 Å². The summed E-state index contributed by atoms with van der Waals surface area (Å²) in [6.45, 7) is 4.67. The Balaban J connectivity index is 1.33. The van der Waals surface area contributed by atoms with Gasteiger partial charge in [0.2, 0.25) is 0 Å². The molecule has 0 radical (unpaired) electrons. The molecule has 9 heteroatoms. The van der Waals surface area contributed by atoms with Crippen LogP contribution in [0.5, 0.6) is 0 Å². The molecule has 1 fully saturated rings. The molecule has 0 bridgehead atoms. The van der Waals surface area contributed by atoms with Crippen molar-refractivity contribution in [1.29, 1.82) is 0 Å². The van der Waals surface area contributed by atoms with Gasteiger partial charge in [0.15, 0.2) is 0 Å². The maximum Gasteiger partial charge on any atom is 0.260 e. The summed E-state index contributed by atoms with van der Waals surface area (Å²) in [6, 6.07) is 7.93. The second-order valence-corrected chi connectivity index (χ2v) is 9.62. The van der Waals surface area contributed by atoms with Crippen molar-refractivity contribution in [2.24, 2.45) is 5.92 Å². The summed E-state index contributed by atoms with van der Waals surface area (Å²) < 4.78 is 15.9. The van der Waals surface area contributed by atoms with Gasteiger partial charge in [0.1, 0.15) is 5.82 Å². The second-order valence-electron chi connectivity index (χ2n) is 9.62. The first kappa shape index (κ1) is 23.9. The van der Waals surface area contributed by atoms with E-state index < -0.39 is 5.82 Å². The van der Waals surface area contributed by atoms with Crippen LogP contribution >= 0.6 is 0 Å². The summed E-state index contributed by atoms with van der Waals surface area (Å²) in [6.07, 6.45) is 7.02. The number of fused-ring (bicyclic) bond motifs is 1. The minimum Gasteiger partial charge on any atom is -0.352 e. The van der Waals surface area contributed by atoms with Crippen molar-refractivity contribution in [3.63, 3.8) is 0 Å². The predicted molar refractivity (Wildman–Crippen MR) is 136 cm³/mol. The number of nitrogens with zero attached hydrogens (tertiary/aromatic N) is 4. The Hall–Kier alpha value is -3.85. The van der Waals surface area contributed by atoms with E-state index >= 15 is 0 Å². The van der Waals surface area contributed by atoms with Gasteiger partial charge < -0.3 is 14.8 Å². The van der Waals surface area contributed by atoms with E-state index in [2.05, 4.69) is 32.4 Å². The molecule has 2 N–H and O–H groups in total. The standard InChI is InChI=1S/C27H29FN6O2/c1-17-23(15-31-32-17)25-12-20-5-8-34(27(36)24(20)14-29-25)16-19-9-21(11-22(28)10-19)26(35)30-13-18-3-6-33(2)7-4-18/h5,8-12,14-15,18H,3-4,6-7,13,16H2,1-2H3,(H,30,35)(H,31,32). The zero-order chi connectivity index (χ0) is 25.2. The lowest BCUT2D eigenvalue weighted by atomic mass is 9.97. The van der Waals surface area contributed by atoms with Gasteiger partial charge in [-0.15, -0.1) is 0 Å². The number of rotatable bonds is 6. The van der Waals surface area contributed by atoms with Gasteiger partial charge in [-0.05, 0) is 87.1 Å². The molecule has 1 saturated heterocycles. The lowest BCUT2D eigenvalue weighted by Crippen LogP contribution is -2.36. The van der Waals surface area contributed by atoms with Crippen LogP contribution in [0, 0.1) is 18.7 Å². The molecular formula is C27H29FN6O2. The summed E-state index contributed by atoms with van der Waals surface area (Å²) in [7, 11) is 2.10. The first-order valence-corrected chi connectivity index (χ1v) is 12.1. The maximum absolute atomic E-state index is 14.4. The average molecular weight is 489 g/mol. The SMILES string of the molecule is Cc1[nH]ncc1-c1cc2ccn(Cc3cc(F)cc(C(=O)NCC4CCN(C)CC4)c3)c(=O)c2cn1. The highest BCUT2D eigenvalue weighted by atomic mass is 19.1. The minimum absolute atomic E-state index is 0.143. The van der Waals surface area contributed by atoms with E-state index in [1.54, 1.807) is 24.7 Å². The highest BCUT2D eigenvalue weighted by Gasteiger charge is 2.18. The van der Waals surface area contributed by atoms with Crippen LogP contribution in [0.4, 0.5) is 4.39 Å². The van der Waals surface area contributed by atoms with E-state index in [9.17, 15) is 14.0 Å². The van der Waals surface area contributed by atoms with E-state index in [0.717, 1.165) is 48.3 Å². The number of carbonyl (C=O) groups excluding carboxylic acids is 1. The predicted octanol–water partition coefficient (Wildman–Crippen LogP) is 3.35. The van der Waals surface area contributed by atoms with Crippen LogP contribution in [0.1, 0.15) is 34.5 Å². The lowest BCUT2D eigenvalue weighted by molar-refractivity contribution is 0.0938. The van der Waals surface area contributed by atoms with Crippen molar-refractivity contribution in [1.82, 2.24) is 30.0 Å². The largest absolute Gasteiger partial charge is 0.352 e. The molecule has 0 aliphatic carbocycles. The van der Waals surface area contributed by atoms with Gasteiger partial charge in [-0.2, -0.15) is 5.10 Å². The number of pyridine rings is 2. The molecule has 4 aromatic rings. The highest BCUT2D eigenvalue weighted by molar-refractivity contribution is 5.94. The molecule has 1 aromatic carbocycles.